The molecular weight excluding hydrogens is 303 g/mol. The van der Waals surface area contributed by atoms with E-state index >= 15 is 0 Å². The number of nitrogens with two attached hydrogens (primary N) is 1. The van der Waals surface area contributed by atoms with Crippen LogP contribution in [0, 0.1) is 18.2 Å². The molecule has 1 aromatic heterocycles. The number of hydrogen-bond donors (Lipinski definition) is 1. The van der Waals surface area contributed by atoms with E-state index < -0.39 is 0 Å². The number of halogens is 1. The summed E-state index contributed by atoms with van der Waals surface area (Å²) in [5, 5.41) is 1.81. The molecule has 1 fully saturated rings. The maximum absolute atomic E-state index is 14.5. The van der Waals surface area contributed by atoms with Gasteiger partial charge in [-0.25, -0.2) is 4.39 Å². The number of fused-ring (bicyclic) bond motifs is 1. The second-order valence-electron chi connectivity index (χ2n) is 7.23. The number of nitrogens with zero attached hydrogens (tertiary/aromatic N) is 1. The van der Waals surface area contributed by atoms with Crippen molar-refractivity contribution in [2.45, 2.75) is 65.0 Å². The number of benzene rings is 1. The van der Waals surface area contributed by atoms with Gasteiger partial charge in [0.15, 0.2) is 11.6 Å². The van der Waals surface area contributed by atoms with E-state index in [0.717, 1.165) is 48.4 Å². The van der Waals surface area contributed by atoms with E-state index in [4.69, 9.17) is 10.5 Å². The lowest BCUT2D eigenvalue weighted by molar-refractivity contribution is 0.0594. The van der Waals surface area contributed by atoms with Gasteiger partial charge in [-0.15, -0.1) is 0 Å². The van der Waals surface area contributed by atoms with Crippen LogP contribution in [0.25, 0.3) is 10.8 Å². The summed E-state index contributed by atoms with van der Waals surface area (Å²) in [7, 11) is 0. The lowest BCUT2D eigenvalue weighted by atomic mass is 9.67. The van der Waals surface area contributed by atoms with Gasteiger partial charge >= 0.3 is 0 Å². The van der Waals surface area contributed by atoms with E-state index in [9.17, 15) is 4.39 Å². The average Bonchev–Trinajstić information content (AvgIpc) is 2.59. The van der Waals surface area contributed by atoms with Crippen LogP contribution in [0.2, 0.25) is 0 Å². The Balaban J connectivity index is 1.79. The first kappa shape index (κ1) is 17.2. The maximum atomic E-state index is 14.5. The van der Waals surface area contributed by atoms with E-state index in [0.29, 0.717) is 5.75 Å². The minimum atomic E-state index is -0.299. The molecule has 1 aliphatic carbocycles. The summed E-state index contributed by atoms with van der Waals surface area (Å²) in [6, 6.07) is 3.62. The number of aryl methyl sites for hydroxylation is 1. The summed E-state index contributed by atoms with van der Waals surface area (Å²) < 4.78 is 20.6. The predicted octanol–water partition coefficient (Wildman–Crippen LogP) is 4.75. The van der Waals surface area contributed by atoms with Gasteiger partial charge in [0, 0.05) is 29.4 Å². The number of pyridine rings is 1. The van der Waals surface area contributed by atoms with E-state index in [-0.39, 0.29) is 23.4 Å². The van der Waals surface area contributed by atoms with E-state index in [2.05, 4.69) is 18.8 Å². The fraction of sp³-hybridized carbons (Fsp3) is 0.550. The van der Waals surface area contributed by atoms with Crippen LogP contribution in [-0.2, 0) is 0 Å². The molecule has 0 spiro atoms. The molecule has 24 heavy (non-hydrogen) atoms. The summed E-state index contributed by atoms with van der Waals surface area (Å²) in [5.74, 6) is 0.0935. The normalized spacial score (nSPS) is 25.6. The van der Waals surface area contributed by atoms with Gasteiger partial charge in [0.1, 0.15) is 0 Å². The first-order valence-electron chi connectivity index (χ1n) is 8.92. The summed E-state index contributed by atoms with van der Waals surface area (Å²) >= 11 is 0. The van der Waals surface area contributed by atoms with Crippen LogP contribution in [0.5, 0.6) is 5.75 Å². The van der Waals surface area contributed by atoms with Gasteiger partial charge in [-0.2, -0.15) is 0 Å². The highest BCUT2D eigenvalue weighted by Gasteiger charge is 2.37. The molecule has 130 valence electrons. The van der Waals surface area contributed by atoms with Gasteiger partial charge in [0.2, 0.25) is 0 Å². The molecule has 3 nitrogen and oxygen atoms in total. The monoisotopic (exact) mass is 330 g/mol. The first-order chi connectivity index (χ1) is 11.5. The van der Waals surface area contributed by atoms with Crippen molar-refractivity contribution in [3.8, 4) is 5.75 Å². The van der Waals surface area contributed by atoms with E-state index in [1.54, 1.807) is 12.4 Å². The predicted molar refractivity (Wildman–Crippen MR) is 95.7 cm³/mol. The zero-order valence-electron chi connectivity index (χ0n) is 14.8. The van der Waals surface area contributed by atoms with Crippen LogP contribution >= 0.6 is 0 Å². The standard InChI is InChI=1S/C20H27FN2O/c1-4-20(14(3)22)8-5-16(6-9-20)24-19-13(2)17-7-10-23-12-15(17)11-18(19)21/h7,10-12,14,16H,4-6,8-9,22H2,1-3H3. The minimum Gasteiger partial charge on any atom is -0.487 e. The van der Waals surface area contributed by atoms with Crippen LogP contribution in [0.1, 0.15) is 51.5 Å². The quantitative estimate of drug-likeness (QED) is 0.880. The topological polar surface area (TPSA) is 48.1 Å². The Morgan fingerprint density at radius 3 is 2.75 bits per heavy atom. The summed E-state index contributed by atoms with van der Waals surface area (Å²) in [5.41, 5.74) is 7.28. The Kier molecular flexibility index (Phi) is 4.77. The van der Waals surface area contributed by atoms with Crippen molar-refractivity contribution in [1.29, 1.82) is 0 Å². The third kappa shape index (κ3) is 3.00. The lowest BCUT2D eigenvalue weighted by Gasteiger charge is -2.42. The van der Waals surface area contributed by atoms with E-state index in [1.165, 1.54) is 6.07 Å². The molecule has 1 aromatic carbocycles. The summed E-state index contributed by atoms with van der Waals surface area (Å²) in [4.78, 5) is 4.06. The molecule has 1 saturated carbocycles. The largest absolute Gasteiger partial charge is 0.487 e. The molecule has 0 amide bonds. The number of rotatable bonds is 4. The van der Waals surface area contributed by atoms with Crippen LogP contribution in [-0.4, -0.2) is 17.1 Å². The van der Waals surface area contributed by atoms with Crippen LogP contribution in [0.3, 0.4) is 0 Å². The molecule has 1 atom stereocenters. The summed E-state index contributed by atoms with van der Waals surface area (Å²) in [6.07, 6.45) is 8.53. The third-order valence-electron chi connectivity index (χ3n) is 5.98. The highest BCUT2D eigenvalue weighted by molar-refractivity contribution is 5.86. The SMILES string of the molecule is CCC1(C(C)N)CCC(Oc2c(F)cc3cnccc3c2C)CC1. The smallest absolute Gasteiger partial charge is 0.166 e. The van der Waals surface area contributed by atoms with Crippen molar-refractivity contribution in [1.82, 2.24) is 4.98 Å². The zero-order valence-corrected chi connectivity index (χ0v) is 14.8. The fourth-order valence-electron chi connectivity index (χ4n) is 4.09. The molecular formula is C20H27FN2O. The third-order valence-corrected chi connectivity index (χ3v) is 5.98. The first-order valence-corrected chi connectivity index (χ1v) is 8.92. The number of ether oxygens (including phenoxy) is 1. The second kappa shape index (κ2) is 6.67. The van der Waals surface area contributed by atoms with Crippen LogP contribution < -0.4 is 10.5 Å². The van der Waals surface area contributed by atoms with Gasteiger partial charge in [0.05, 0.1) is 6.10 Å². The number of hydrogen-bond acceptors (Lipinski definition) is 3. The molecule has 1 aliphatic rings. The Bertz CT molecular complexity index is 721. The minimum absolute atomic E-state index is 0.0657. The molecule has 3 rings (SSSR count). The van der Waals surface area contributed by atoms with Crippen LogP contribution in [0.4, 0.5) is 4.39 Å². The van der Waals surface area contributed by atoms with Crippen molar-refractivity contribution in [2.75, 3.05) is 0 Å². The molecule has 1 heterocycles. The van der Waals surface area contributed by atoms with Crippen LogP contribution in [0.15, 0.2) is 24.5 Å². The highest BCUT2D eigenvalue weighted by Crippen LogP contribution is 2.43. The molecule has 0 radical (unpaired) electrons. The number of aromatic nitrogens is 1. The fourth-order valence-corrected chi connectivity index (χ4v) is 4.09. The highest BCUT2D eigenvalue weighted by atomic mass is 19.1. The second-order valence-corrected chi connectivity index (χ2v) is 7.23. The maximum Gasteiger partial charge on any atom is 0.166 e. The van der Waals surface area contributed by atoms with Gasteiger partial charge in [-0.05, 0) is 68.9 Å². The van der Waals surface area contributed by atoms with Crippen molar-refractivity contribution in [3.63, 3.8) is 0 Å². The molecule has 0 saturated heterocycles. The molecule has 2 aromatic rings. The molecule has 1 unspecified atom stereocenters. The Morgan fingerprint density at radius 2 is 2.12 bits per heavy atom. The molecule has 4 heteroatoms. The Hall–Kier alpha value is -1.68. The van der Waals surface area contributed by atoms with E-state index in [1.807, 2.05) is 13.0 Å². The summed E-state index contributed by atoms with van der Waals surface area (Å²) in [6.45, 7) is 6.24. The molecule has 0 bridgehead atoms. The molecule has 0 aliphatic heterocycles. The Labute approximate surface area is 143 Å². The van der Waals surface area contributed by atoms with Crippen molar-refractivity contribution in [3.05, 3.63) is 35.9 Å². The average molecular weight is 330 g/mol. The Morgan fingerprint density at radius 1 is 1.42 bits per heavy atom. The molecule has 2 N–H and O–H groups in total. The van der Waals surface area contributed by atoms with Crippen molar-refractivity contribution >= 4 is 10.8 Å². The zero-order chi connectivity index (χ0) is 17.3. The lowest BCUT2D eigenvalue weighted by Crippen LogP contribution is -2.43. The van der Waals surface area contributed by atoms with Gasteiger partial charge < -0.3 is 10.5 Å². The van der Waals surface area contributed by atoms with Gasteiger partial charge in [-0.3, -0.25) is 4.98 Å². The van der Waals surface area contributed by atoms with Crippen molar-refractivity contribution < 1.29 is 9.13 Å². The van der Waals surface area contributed by atoms with Crippen molar-refractivity contribution in [2.24, 2.45) is 11.1 Å². The van der Waals surface area contributed by atoms with Gasteiger partial charge in [0.25, 0.3) is 0 Å². The van der Waals surface area contributed by atoms with Gasteiger partial charge in [-0.1, -0.05) is 6.92 Å².